The average molecular weight is 396 g/mol. The molecule has 0 bridgehead atoms. The molecule has 0 heterocycles. The summed E-state index contributed by atoms with van der Waals surface area (Å²) in [5.41, 5.74) is 0.300. The molecule has 0 saturated carbocycles. The highest BCUT2D eigenvalue weighted by Crippen LogP contribution is 2.22. The van der Waals surface area contributed by atoms with Gasteiger partial charge >= 0.3 is 5.97 Å². The lowest BCUT2D eigenvalue weighted by Gasteiger charge is -2.11. The van der Waals surface area contributed by atoms with Crippen LogP contribution in [0.15, 0.2) is 47.4 Å². The van der Waals surface area contributed by atoms with Crippen molar-refractivity contribution in [3.63, 3.8) is 0 Å². The summed E-state index contributed by atoms with van der Waals surface area (Å²) in [6, 6.07) is 8.69. The number of methoxy groups -OCH3 is 2. The molecule has 1 amide bonds. The Morgan fingerprint density at radius 3 is 2.44 bits per heavy atom. The molecule has 0 fully saturated rings. The Morgan fingerprint density at radius 2 is 1.78 bits per heavy atom. The molecule has 2 N–H and O–H groups in total. The third-order valence-electron chi connectivity index (χ3n) is 3.32. The monoisotopic (exact) mass is 396 g/mol. The number of esters is 1. The van der Waals surface area contributed by atoms with Crippen LogP contribution in [0.2, 0.25) is 0 Å². The topological polar surface area (TPSA) is 111 Å². The van der Waals surface area contributed by atoms with Crippen LogP contribution >= 0.6 is 0 Å². The maximum absolute atomic E-state index is 14.0. The average Bonchev–Trinajstić information content (AvgIpc) is 2.61. The number of anilines is 2. The number of carbonyl (C=O) groups excluding carboxylic acids is 2. The Kier molecular flexibility index (Phi) is 6.48. The summed E-state index contributed by atoms with van der Waals surface area (Å²) in [7, 11) is -1.85. The van der Waals surface area contributed by atoms with Gasteiger partial charge in [-0.25, -0.2) is 17.6 Å². The molecule has 0 aromatic heterocycles. The van der Waals surface area contributed by atoms with Gasteiger partial charge in [-0.3, -0.25) is 9.52 Å². The van der Waals surface area contributed by atoms with E-state index < -0.39 is 32.6 Å². The molecule has 144 valence electrons. The SMILES string of the molecule is COCC(=O)Nc1cccc(NS(=O)(=O)c2cc(C(=O)OC)ccc2F)c1. The van der Waals surface area contributed by atoms with Gasteiger partial charge in [-0.1, -0.05) is 6.07 Å². The first kappa shape index (κ1) is 20.3. The summed E-state index contributed by atoms with van der Waals surface area (Å²) in [5, 5.41) is 2.52. The lowest BCUT2D eigenvalue weighted by molar-refractivity contribution is -0.119. The largest absolute Gasteiger partial charge is 0.465 e. The molecule has 0 radical (unpaired) electrons. The van der Waals surface area contributed by atoms with Crippen LogP contribution in [0.25, 0.3) is 0 Å². The van der Waals surface area contributed by atoms with Crippen LogP contribution in [0, 0.1) is 5.82 Å². The zero-order valence-corrected chi connectivity index (χ0v) is 15.3. The van der Waals surface area contributed by atoms with Crippen LogP contribution in [0.1, 0.15) is 10.4 Å². The third kappa shape index (κ3) is 5.25. The van der Waals surface area contributed by atoms with Gasteiger partial charge in [0.2, 0.25) is 5.91 Å². The zero-order chi connectivity index (χ0) is 20.0. The fourth-order valence-electron chi connectivity index (χ4n) is 2.15. The smallest absolute Gasteiger partial charge is 0.337 e. The molecule has 0 aliphatic carbocycles. The van der Waals surface area contributed by atoms with Crippen LogP contribution in [-0.2, 0) is 24.3 Å². The molecule has 0 spiro atoms. The number of rotatable bonds is 7. The molecular formula is C17H17FN2O6S. The quantitative estimate of drug-likeness (QED) is 0.693. The van der Waals surface area contributed by atoms with Gasteiger partial charge < -0.3 is 14.8 Å². The Hall–Kier alpha value is -2.98. The lowest BCUT2D eigenvalue weighted by atomic mass is 10.2. The van der Waals surface area contributed by atoms with E-state index in [2.05, 4.69) is 14.8 Å². The molecule has 0 saturated heterocycles. The maximum Gasteiger partial charge on any atom is 0.337 e. The van der Waals surface area contributed by atoms with Crippen molar-refractivity contribution in [1.82, 2.24) is 0 Å². The number of nitrogens with one attached hydrogen (secondary N) is 2. The minimum atomic E-state index is -4.33. The molecule has 0 aliphatic rings. The summed E-state index contributed by atoms with van der Waals surface area (Å²) >= 11 is 0. The number of sulfonamides is 1. The van der Waals surface area contributed by atoms with E-state index >= 15 is 0 Å². The molecular weight excluding hydrogens is 379 g/mol. The van der Waals surface area contributed by atoms with Crippen LogP contribution < -0.4 is 10.0 Å². The second-order valence-electron chi connectivity index (χ2n) is 5.30. The van der Waals surface area contributed by atoms with E-state index in [4.69, 9.17) is 4.74 Å². The van der Waals surface area contributed by atoms with Gasteiger partial charge in [0.05, 0.1) is 18.4 Å². The number of hydrogen-bond donors (Lipinski definition) is 2. The number of benzene rings is 2. The van der Waals surface area contributed by atoms with Crippen molar-refractivity contribution in [2.45, 2.75) is 4.90 Å². The third-order valence-corrected chi connectivity index (χ3v) is 4.71. The van der Waals surface area contributed by atoms with E-state index in [1.807, 2.05) is 0 Å². The van der Waals surface area contributed by atoms with Crippen LogP contribution in [-0.4, -0.2) is 41.1 Å². The van der Waals surface area contributed by atoms with Gasteiger partial charge in [-0.15, -0.1) is 0 Å². The van der Waals surface area contributed by atoms with Gasteiger partial charge in [-0.2, -0.15) is 0 Å². The molecule has 0 aliphatic heterocycles. The summed E-state index contributed by atoms with van der Waals surface area (Å²) in [4.78, 5) is 22.4. The highest BCUT2D eigenvalue weighted by atomic mass is 32.2. The first-order valence-corrected chi connectivity index (χ1v) is 9.04. The van der Waals surface area contributed by atoms with Crippen molar-refractivity contribution in [3.05, 3.63) is 53.8 Å². The molecule has 2 aromatic carbocycles. The van der Waals surface area contributed by atoms with E-state index in [1.54, 1.807) is 6.07 Å². The van der Waals surface area contributed by atoms with Crippen LogP contribution in [0.4, 0.5) is 15.8 Å². The van der Waals surface area contributed by atoms with E-state index in [9.17, 15) is 22.4 Å². The van der Waals surface area contributed by atoms with Crippen LogP contribution in [0.5, 0.6) is 0 Å². The Labute approximate surface area is 155 Å². The summed E-state index contributed by atoms with van der Waals surface area (Å²) in [6.45, 7) is -0.165. The minimum Gasteiger partial charge on any atom is -0.465 e. The molecule has 8 nitrogen and oxygen atoms in total. The number of ether oxygens (including phenoxy) is 2. The van der Waals surface area contributed by atoms with Gasteiger partial charge in [0.15, 0.2) is 0 Å². The molecule has 2 aromatic rings. The predicted octanol–water partition coefficient (Wildman–Crippen LogP) is 2.00. The van der Waals surface area contributed by atoms with Crippen molar-refractivity contribution in [1.29, 1.82) is 0 Å². The highest BCUT2D eigenvalue weighted by molar-refractivity contribution is 7.92. The lowest BCUT2D eigenvalue weighted by Crippen LogP contribution is -2.18. The zero-order valence-electron chi connectivity index (χ0n) is 14.5. The van der Waals surface area contributed by atoms with E-state index in [0.717, 1.165) is 25.3 Å². The molecule has 10 heteroatoms. The summed E-state index contributed by atoms with van der Waals surface area (Å²) in [5.74, 6) is -2.25. The number of halogens is 1. The Bertz CT molecular complexity index is 962. The first-order chi connectivity index (χ1) is 12.8. The number of amides is 1. The van der Waals surface area contributed by atoms with Gasteiger partial charge in [0, 0.05) is 12.8 Å². The van der Waals surface area contributed by atoms with Crippen LogP contribution in [0.3, 0.4) is 0 Å². The van der Waals surface area contributed by atoms with Crippen molar-refractivity contribution in [2.24, 2.45) is 0 Å². The first-order valence-electron chi connectivity index (χ1n) is 7.56. The number of hydrogen-bond acceptors (Lipinski definition) is 6. The molecule has 27 heavy (non-hydrogen) atoms. The minimum absolute atomic E-state index is 0.0908. The van der Waals surface area contributed by atoms with Gasteiger partial charge in [0.25, 0.3) is 10.0 Å². The Balaban J connectivity index is 2.29. The summed E-state index contributed by atoms with van der Waals surface area (Å²) < 4.78 is 50.5. The molecule has 0 atom stereocenters. The van der Waals surface area contributed by atoms with Crippen molar-refractivity contribution in [3.8, 4) is 0 Å². The van der Waals surface area contributed by atoms with E-state index in [0.29, 0.717) is 5.69 Å². The fraction of sp³-hybridized carbons (Fsp3) is 0.176. The van der Waals surface area contributed by atoms with Gasteiger partial charge in [0.1, 0.15) is 17.3 Å². The second-order valence-corrected chi connectivity index (χ2v) is 6.96. The van der Waals surface area contributed by atoms with Gasteiger partial charge in [-0.05, 0) is 36.4 Å². The van der Waals surface area contributed by atoms with E-state index in [-0.39, 0.29) is 17.9 Å². The van der Waals surface area contributed by atoms with E-state index in [1.165, 1.54) is 25.3 Å². The van der Waals surface area contributed by atoms with Crippen molar-refractivity contribution in [2.75, 3.05) is 30.9 Å². The summed E-state index contributed by atoms with van der Waals surface area (Å²) in [6.07, 6.45) is 0. The number of carbonyl (C=O) groups is 2. The standard InChI is InChI=1S/C17H17FN2O6S/c1-25-10-16(21)19-12-4-3-5-13(9-12)20-27(23,24)15-8-11(17(22)26-2)6-7-14(15)18/h3-9,20H,10H2,1-2H3,(H,19,21). The normalized spacial score (nSPS) is 10.9. The van der Waals surface area contributed by atoms with Crippen molar-refractivity contribution >= 4 is 33.3 Å². The Morgan fingerprint density at radius 1 is 1.07 bits per heavy atom. The molecule has 2 rings (SSSR count). The maximum atomic E-state index is 14.0. The van der Waals surface area contributed by atoms with Crippen molar-refractivity contribution < 1.29 is 31.9 Å². The molecule has 0 unspecified atom stereocenters. The highest BCUT2D eigenvalue weighted by Gasteiger charge is 2.22. The predicted molar refractivity (Wildman–Crippen MR) is 95.5 cm³/mol. The second kappa shape index (κ2) is 8.60. The fourth-order valence-corrected chi connectivity index (χ4v) is 3.31.